The molecule has 1 aromatic carbocycles. The van der Waals surface area contributed by atoms with Gasteiger partial charge in [0, 0.05) is 17.5 Å². The van der Waals surface area contributed by atoms with Crippen molar-refractivity contribution in [2.24, 2.45) is 5.10 Å². The predicted octanol–water partition coefficient (Wildman–Crippen LogP) is 2.78. The van der Waals surface area contributed by atoms with Crippen molar-refractivity contribution in [3.8, 4) is 11.5 Å². The van der Waals surface area contributed by atoms with Gasteiger partial charge in [-0.05, 0) is 37.7 Å². The number of nitrogens with zero attached hydrogens (tertiary/aromatic N) is 1. The second-order valence-electron chi connectivity index (χ2n) is 3.84. The molecule has 0 spiro atoms. The van der Waals surface area contributed by atoms with Gasteiger partial charge in [-0.2, -0.15) is 5.10 Å². The number of nitrogens with one attached hydrogen (secondary N) is 2. The summed E-state index contributed by atoms with van der Waals surface area (Å²) in [4.78, 5) is 0. The van der Waals surface area contributed by atoms with Gasteiger partial charge in [-0.25, -0.2) is 0 Å². The van der Waals surface area contributed by atoms with Crippen molar-refractivity contribution >= 4 is 28.7 Å². The molecule has 0 unspecified atom stereocenters. The Kier molecular flexibility index (Phi) is 6.08. The lowest BCUT2D eigenvalue weighted by Crippen LogP contribution is -2.24. The standard InChI is InChI=1S/C13H19N3O2S/c1-5-9(2)15-16-13(19)14-10-6-7-11(17-3)12(8-10)18-4/h6-8H,5H2,1-4H3,(H2,14,16,19)/b15-9-. The lowest BCUT2D eigenvalue weighted by atomic mass is 10.3. The van der Waals surface area contributed by atoms with Crippen molar-refractivity contribution in [2.75, 3.05) is 19.5 Å². The molecule has 5 nitrogen and oxygen atoms in total. The zero-order valence-electron chi connectivity index (χ0n) is 11.6. The van der Waals surface area contributed by atoms with E-state index in [4.69, 9.17) is 21.7 Å². The molecule has 0 aliphatic heterocycles. The van der Waals surface area contributed by atoms with Crippen LogP contribution < -0.4 is 20.2 Å². The van der Waals surface area contributed by atoms with E-state index in [1.54, 1.807) is 14.2 Å². The molecule has 0 heterocycles. The van der Waals surface area contributed by atoms with Crippen molar-refractivity contribution in [3.63, 3.8) is 0 Å². The lowest BCUT2D eigenvalue weighted by molar-refractivity contribution is 0.355. The third-order valence-electron chi connectivity index (χ3n) is 2.50. The van der Waals surface area contributed by atoms with E-state index >= 15 is 0 Å². The molecule has 0 saturated heterocycles. The monoisotopic (exact) mass is 281 g/mol. The highest BCUT2D eigenvalue weighted by Crippen LogP contribution is 2.29. The number of hydrogen-bond acceptors (Lipinski definition) is 4. The SMILES string of the molecule is CC/C(C)=N\NC(=S)Nc1ccc(OC)c(OC)c1. The summed E-state index contributed by atoms with van der Waals surface area (Å²) in [6.45, 7) is 3.97. The summed E-state index contributed by atoms with van der Waals surface area (Å²) in [6.07, 6.45) is 0.881. The Bertz CT molecular complexity index is 475. The van der Waals surface area contributed by atoms with Crippen LogP contribution in [0.15, 0.2) is 23.3 Å². The average Bonchev–Trinajstić information content (AvgIpc) is 2.44. The summed E-state index contributed by atoms with van der Waals surface area (Å²) in [5.41, 5.74) is 4.57. The fraction of sp³-hybridized carbons (Fsp3) is 0.385. The van der Waals surface area contributed by atoms with Gasteiger partial charge < -0.3 is 14.8 Å². The van der Waals surface area contributed by atoms with E-state index in [1.807, 2.05) is 32.0 Å². The molecule has 1 aromatic rings. The maximum atomic E-state index is 5.22. The van der Waals surface area contributed by atoms with Crippen LogP contribution in [-0.2, 0) is 0 Å². The van der Waals surface area contributed by atoms with Crippen LogP contribution in [0.1, 0.15) is 20.3 Å². The van der Waals surface area contributed by atoms with Gasteiger partial charge in [-0.1, -0.05) is 6.92 Å². The van der Waals surface area contributed by atoms with Crippen LogP contribution >= 0.6 is 12.2 Å². The van der Waals surface area contributed by atoms with Crippen molar-refractivity contribution < 1.29 is 9.47 Å². The molecule has 104 valence electrons. The fourth-order valence-electron chi connectivity index (χ4n) is 1.30. The minimum Gasteiger partial charge on any atom is -0.493 e. The van der Waals surface area contributed by atoms with Gasteiger partial charge in [0.1, 0.15) is 0 Å². The van der Waals surface area contributed by atoms with Crippen molar-refractivity contribution in [3.05, 3.63) is 18.2 Å². The maximum absolute atomic E-state index is 5.22. The van der Waals surface area contributed by atoms with Gasteiger partial charge in [0.15, 0.2) is 16.6 Å². The van der Waals surface area contributed by atoms with Crippen LogP contribution in [0.3, 0.4) is 0 Å². The van der Waals surface area contributed by atoms with Crippen molar-refractivity contribution in [1.29, 1.82) is 0 Å². The average molecular weight is 281 g/mol. The van der Waals surface area contributed by atoms with Crippen molar-refractivity contribution in [1.82, 2.24) is 5.43 Å². The minimum atomic E-state index is 0.431. The topological polar surface area (TPSA) is 54.9 Å². The number of rotatable bonds is 5. The summed E-state index contributed by atoms with van der Waals surface area (Å²) in [5.74, 6) is 1.32. The first-order chi connectivity index (χ1) is 9.10. The minimum absolute atomic E-state index is 0.431. The molecule has 0 amide bonds. The van der Waals surface area contributed by atoms with Crippen molar-refractivity contribution in [2.45, 2.75) is 20.3 Å². The van der Waals surface area contributed by atoms with Crippen LogP contribution in [0.4, 0.5) is 5.69 Å². The third kappa shape index (κ3) is 4.75. The second-order valence-corrected chi connectivity index (χ2v) is 4.24. The van der Waals surface area contributed by atoms with Crippen LogP contribution in [0.2, 0.25) is 0 Å². The molecule has 0 aromatic heterocycles. The summed E-state index contributed by atoms with van der Waals surface area (Å²) < 4.78 is 10.4. The Morgan fingerprint density at radius 2 is 1.95 bits per heavy atom. The van der Waals surface area contributed by atoms with Gasteiger partial charge in [0.25, 0.3) is 0 Å². The zero-order valence-corrected chi connectivity index (χ0v) is 12.4. The van der Waals surface area contributed by atoms with Crippen LogP contribution in [0, 0.1) is 0 Å². The zero-order chi connectivity index (χ0) is 14.3. The fourth-order valence-corrected chi connectivity index (χ4v) is 1.46. The molecular formula is C13H19N3O2S. The normalized spacial score (nSPS) is 10.8. The molecule has 0 radical (unpaired) electrons. The summed E-state index contributed by atoms with van der Waals surface area (Å²) in [5, 5.41) is 7.58. The molecule has 0 fully saturated rings. The molecular weight excluding hydrogens is 262 g/mol. The van der Waals surface area contributed by atoms with E-state index in [0.29, 0.717) is 16.6 Å². The highest BCUT2D eigenvalue weighted by molar-refractivity contribution is 7.80. The lowest BCUT2D eigenvalue weighted by Gasteiger charge is -2.11. The highest BCUT2D eigenvalue weighted by atomic mass is 32.1. The molecule has 6 heteroatoms. The quantitative estimate of drug-likeness (QED) is 0.494. The van der Waals surface area contributed by atoms with E-state index in [9.17, 15) is 0 Å². The first kappa shape index (κ1) is 15.2. The van der Waals surface area contributed by atoms with E-state index in [1.165, 1.54) is 0 Å². The molecule has 19 heavy (non-hydrogen) atoms. The Morgan fingerprint density at radius 1 is 1.26 bits per heavy atom. The van der Waals surface area contributed by atoms with Crippen LogP contribution in [0.5, 0.6) is 11.5 Å². The Hall–Kier alpha value is -1.82. The summed E-state index contributed by atoms with van der Waals surface area (Å²) in [6, 6.07) is 5.47. The predicted molar refractivity (Wildman–Crippen MR) is 82.3 cm³/mol. The highest BCUT2D eigenvalue weighted by Gasteiger charge is 2.05. The van der Waals surface area contributed by atoms with Gasteiger partial charge in [0.2, 0.25) is 0 Å². The molecule has 0 atom stereocenters. The Morgan fingerprint density at radius 3 is 2.53 bits per heavy atom. The van der Waals surface area contributed by atoms with E-state index in [0.717, 1.165) is 17.8 Å². The number of hydrazone groups is 1. The van der Waals surface area contributed by atoms with Crippen LogP contribution in [-0.4, -0.2) is 25.0 Å². The van der Waals surface area contributed by atoms with Gasteiger partial charge >= 0.3 is 0 Å². The van der Waals surface area contributed by atoms with E-state index < -0.39 is 0 Å². The Balaban J connectivity index is 2.69. The second kappa shape index (κ2) is 7.58. The van der Waals surface area contributed by atoms with E-state index in [2.05, 4.69) is 15.8 Å². The maximum Gasteiger partial charge on any atom is 0.191 e. The molecule has 2 N–H and O–H groups in total. The molecule has 0 aliphatic rings. The van der Waals surface area contributed by atoms with Gasteiger partial charge in [0.05, 0.1) is 14.2 Å². The van der Waals surface area contributed by atoms with Crippen LogP contribution in [0.25, 0.3) is 0 Å². The number of hydrogen-bond donors (Lipinski definition) is 2. The number of benzene rings is 1. The first-order valence-electron chi connectivity index (χ1n) is 5.92. The molecule has 0 aliphatic carbocycles. The third-order valence-corrected chi connectivity index (χ3v) is 2.69. The van der Waals surface area contributed by atoms with Gasteiger partial charge in [-0.3, -0.25) is 5.43 Å². The Labute approximate surface area is 119 Å². The van der Waals surface area contributed by atoms with E-state index in [-0.39, 0.29) is 0 Å². The summed E-state index contributed by atoms with van der Waals surface area (Å²) >= 11 is 5.14. The van der Waals surface area contributed by atoms with Gasteiger partial charge in [-0.15, -0.1) is 0 Å². The molecule has 0 saturated carbocycles. The summed E-state index contributed by atoms with van der Waals surface area (Å²) in [7, 11) is 3.19. The number of thiocarbonyl (C=S) groups is 1. The number of ether oxygens (including phenoxy) is 2. The number of methoxy groups -OCH3 is 2. The first-order valence-corrected chi connectivity index (χ1v) is 6.33. The molecule has 1 rings (SSSR count). The number of anilines is 1. The largest absolute Gasteiger partial charge is 0.493 e. The molecule has 0 bridgehead atoms. The smallest absolute Gasteiger partial charge is 0.191 e.